The fourth-order valence-corrected chi connectivity index (χ4v) is 2.13. The number of allylic oxidation sites excluding steroid dienone is 1. The molecule has 0 bridgehead atoms. The molecule has 0 amide bonds. The molecule has 1 aromatic rings. The summed E-state index contributed by atoms with van der Waals surface area (Å²) in [6.07, 6.45) is 1.59. The second kappa shape index (κ2) is 3.98. The molecule has 4 nitrogen and oxygen atoms in total. The molecular formula is C14H14O4. The molecule has 0 radical (unpaired) electrons. The molecule has 2 N–H and O–H groups in total. The van der Waals surface area contributed by atoms with E-state index in [0.29, 0.717) is 11.1 Å². The van der Waals surface area contributed by atoms with Crippen LogP contribution < -0.4 is 0 Å². The van der Waals surface area contributed by atoms with Crippen LogP contribution in [0.15, 0.2) is 11.6 Å². The summed E-state index contributed by atoms with van der Waals surface area (Å²) in [4.78, 5) is 23.5. The number of hydrogen-bond acceptors (Lipinski definition) is 4. The largest absolute Gasteiger partial charge is 0.504 e. The molecule has 1 aliphatic carbocycles. The van der Waals surface area contributed by atoms with Gasteiger partial charge in [-0.2, -0.15) is 0 Å². The maximum atomic E-state index is 11.9. The SMILES string of the molecule is CC1=Cc2c(C(C)C)cc(O)c(O)c2C(=O)C1=O. The summed E-state index contributed by atoms with van der Waals surface area (Å²) in [5.74, 6) is -2.23. The van der Waals surface area contributed by atoms with Crippen molar-refractivity contribution in [3.05, 3.63) is 28.3 Å². The van der Waals surface area contributed by atoms with Gasteiger partial charge in [0.2, 0.25) is 11.6 Å². The van der Waals surface area contributed by atoms with Crippen LogP contribution in [-0.4, -0.2) is 21.8 Å². The second-order valence-corrected chi connectivity index (χ2v) is 4.76. The van der Waals surface area contributed by atoms with Crippen LogP contribution in [0.3, 0.4) is 0 Å². The minimum Gasteiger partial charge on any atom is -0.504 e. The highest BCUT2D eigenvalue weighted by Gasteiger charge is 2.31. The number of Topliss-reactive ketones (excluding diaryl/α,β-unsaturated/α-hetero) is 2. The number of aromatic hydroxyl groups is 2. The van der Waals surface area contributed by atoms with Crippen LogP contribution >= 0.6 is 0 Å². The first kappa shape index (κ1) is 12.4. The van der Waals surface area contributed by atoms with Crippen LogP contribution in [0.5, 0.6) is 11.5 Å². The number of phenolic OH excluding ortho intramolecular Hbond substituents is 2. The van der Waals surface area contributed by atoms with Crippen molar-refractivity contribution in [1.29, 1.82) is 0 Å². The number of hydrogen-bond donors (Lipinski definition) is 2. The molecule has 1 aliphatic rings. The van der Waals surface area contributed by atoms with Gasteiger partial charge < -0.3 is 10.2 Å². The molecule has 0 fully saturated rings. The topological polar surface area (TPSA) is 74.6 Å². The molecule has 0 saturated heterocycles. The van der Waals surface area contributed by atoms with Crippen LogP contribution in [0.4, 0.5) is 0 Å². The Labute approximate surface area is 105 Å². The molecule has 18 heavy (non-hydrogen) atoms. The molecule has 0 aromatic heterocycles. The zero-order valence-corrected chi connectivity index (χ0v) is 10.4. The normalized spacial score (nSPS) is 14.8. The predicted octanol–water partition coefficient (Wildman–Crippen LogP) is 2.39. The van der Waals surface area contributed by atoms with Gasteiger partial charge in [0, 0.05) is 5.57 Å². The Morgan fingerprint density at radius 2 is 1.72 bits per heavy atom. The molecule has 94 valence electrons. The van der Waals surface area contributed by atoms with Gasteiger partial charge in [-0.15, -0.1) is 0 Å². The average Bonchev–Trinajstić information content (AvgIpc) is 2.30. The molecule has 4 heteroatoms. The zero-order valence-electron chi connectivity index (χ0n) is 10.4. The summed E-state index contributed by atoms with van der Waals surface area (Å²) in [7, 11) is 0. The molecule has 0 atom stereocenters. The lowest BCUT2D eigenvalue weighted by atomic mass is 9.84. The van der Waals surface area contributed by atoms with Crippen molar-refractivity contribution >= 4 is 17.6 Å². The van der Waals surface area contributed by atoms with E-state index in [1.54, 1.807) is 13.0 Å². The van der Waals surface area contributed by atoms with Crippen molar-refractivity contribution in [2.24, 2.45) is 0 Å². The molecule has 0 saturated carbocycles. The van der Waals surface area contributed by atoms with Gasteiger partial charge in [-0.25, -0.2) is 0 Å². The quantitative estimate of drug-likeness (QED) is 0.589. The molecular weight excluding hydrogens is 232 g/mol. The Morgan fingerprint density at radius 1 is 1.11 bits per heavy atom. The van der Waals surface area contributed by atoms with Gasteiger partial charge in [0.25, 0.3) is 0 Å². The second-order valence-electron chi connectivity index (χ2n) is 4.76. The first-order valence-electron chi connectivity index (χ1n) is 5.70. The predicted molar refractivity (Wildman–Crippen MR) is 66.8 cm³/mol. The Morgan fingerprint density at radius 3 is 2.28 bits per heavy atom. The summed E-state index contributed by atoms with van der Waals surface area (Å²) < 4.78 is 0. The summed E-state index contributed by atoms with van der Waals surface area (Å²) in [5.41, 5.74) is 1.52. The minimum atomic E-state index is -0.764. The van der Waals surface area contributed by atoms with Crippen molar-refractivity contribution in [1.82, 2.24) is 0 Å². The number of ketones is 2. The molecule has 1 aromatic carbocycles. The first-order valence-corrected chi connectivity index (χ1v) is 5.70. The van der Waals surface area contributed by atoms with E-state index in [1.165, 1.54) is 6.07 Å². The fourth-order valence-electron chi connectivity index (χ4n) is 2.13. The van der Waals surface area contributed by atoms with E-state index in [2.05, 4.69) is 0 Å². The van der Waals surface area contributed by atoms with E-state index in [0.717, 1.165) is 5.56 Å². The van der Waals surface area contributed by atoms with Crippen LogP contribution in [-0.2, 0) is 4.79 Å². The van der Waals surface area contributed by atoms with Crippen LogP contribution in [0.1, 0.15) is 48.2 Å². The highest BCUT2D eigenvalue weighted by molar-refractivity contribution is 6.52. The summed E-state index contributed by atoms with van der Waals surface area (Å²) in [6.45, 7) is 5.39. The average molecular weight is 246 g/mol. The number of fused-ring (bicyclic) bond motifs is 1. The third kappa shape index (κ3) is 1.61. The van der Waals surface area contributed by atoms with E-state index in [4.69, 9.17) is 0 Å². The van der Waals surface area contributed by atoms with Crippen molar-refractivity contribution < 1.29 is 19.8 Å². The maximum Gasteiger partial charge on any atom is 0.237 e. The van der Waals surface area contributed by atoms with Gasteiger partial charge in [0.1, 0.15) is 0 Å². The highest BCUT2D eigenvalue weighted by Crippen LogP contribution is 2.40. The number of rotatable bonds is 1. The molecule has 0 aliphatic heterocycles. The van der Waals surface area contributed by atoms with Crippen molar-refractivity contribution in [3.8, 4) is 11.5 Å². The molecule has 0 unspecified atom stereocenters. The number of carbonyl (C=O) groups excluding carboxylic acids is 2. The molecule has 2 rings (SSSR count). The van der Waals surface area contributed by atoms with E-state index >= 15 is 0 Å². The standard InChI is InChI=1S/C14H14O4/c1-6(2)8-5-10(15)13(17)11-9(8)4-7(3)12(16)14(11)18/h4-6,15,17H,1-3H3. The lowest BCUT2D eigenvalue weighted by Crippen LogP contribution is -2.21. The monoisotopic (exact) mass is 246 g/mol. The number of carbonyl (C=O) groups is 2. The van der Waals surface area contributed by atoms with Gasteiger partial charge in [0.05, 0.1) is 5.56 Å². The third-order valence-electron chi connectivity index (χ3n) is 3.13. The Bertz CT molecular complexity index is 594. The van der Waals surface area contributed by atoms with Crippen LogP contribution in [0.2, 0.25) is 0 Å². The lowest BCUT2D eigenvalue weighted by Gasteiger charge is -2.20. The van der Waals surface area contributed by atoms with Gasteiger partial charge in [-0.05, 0) is 36.1 Å². The van der Waals surface area contributed by atoms with Gasteiger partial charge in [0.15, 0.2) is 11.5 Å². The Balaban J connectivity index is 2.87. The number of phenols is 2. The maximum absolute atomic E-state index is 11.9. The molecule has 0 spiro atoms. The lowest BCUT2D eigenvalue weighted by molar-refractivity contribution is -0.111. The Kier molecular flexibility index (Phi) is 2.73. The van der Waals surface area contributed by atoms with Gasteiger partial charge >= 0.3 is 0 Å². The van der Waals surface area contributed by atoms with Gasteiger partial charge in [-0.3, -0.25) is 9.59 Å². The van der Waals surface area contributed by atoms with E-state index in [-0.39, 0.29) is 17.2 Å². The zero-order chi connectivity index (χ0) is 13.6. The van der Waals surface area contributed by atoms with E-state index in [9.17, 15) is 19.8 Å². The van der Waals surface area contributed by atoms with E-state index < -0.39 is 17.3 Å². The van der Waals surface area contributed by atoms with Crippen molar-refractivity contribution in [3.63, 3.8) is 0 Å². The van der Waals surface area contributed by atoms with Crippen molar-refractivity contribution in [2.75, 3.05) is 0 Å². The van der Waals surface area contributed by atoms with Crippen LogP contribution in [0.25, 0.3) is 6.08 Å². The molecule has 0 heterocycles. The van der Waals surface area contributed by atoms with E-state index in [1.807, 2.05) is 13.8 Å². The number of benzene rings is 1. The third-order valence-corrected chi connectivity index (χ3v) is 3.13. The minimum absolute atomic E-state index is 0.0651. The Hall–Kier alpha value is -2.10. The summed E-state index contributed by atoms with van der Waals surface area (Å²) >= 11 is 0. The highest BCUT2D eigenvalue weighted by atomic mass is 16.3. The first-order chi connectivity index (χ1) is 8.34. The van der Waals surface area contributed by atoms with Crippen LogP contribution in [0, 0.1) is 0 Å². The summed E-state index contributed by atoms with van der Waals surface area (Å²) in [5, 5.41) is 19.4. The van der Waals surface area contributed by atoms with Crippen molar-refractivity contribution in [2.45, 2.75) is 26.7 Å². The fraction of sp³-hybridized carbons (Fsp3) is 0.286. The summed E-state index contributed by atoms with van der Waals surface area (Å²) in [6, 6.07) is 1.44. The van der Waals surface area contributed by atoms with Gasteiger partial charge in [-0.1, -0.05) is 13.8 Å². The smallest absolute Gasteiger partial charge is 0.237 e.